The Hall–Kier alpha value is -7.42. The van der Waals surface area contributed by atoms with E-state index < -0.39 is 0 Å². The standard InChI is InChI=1S/C54H36N2/c1-2-17-42(18-3-1)56-52-25-9-8-22-50(52)54-49(24-12-26-53(54)56)41-16-10-19-44(35-41)55(45-34-31-40-28-27-38-14-5-7-21-48(38)51(40)36-45)43-32-29-39(30-33-43)47-23-11-15-37-13-4-6-20-46(37)47/h1-36H. The van der Waals surface area contributed by atoms with Gasteiger partial charge in [-0.25, -0.2) is 0 Å². The van der Waals surface area contributed by atoms with Crippen LogP contribution in [0.2, 0.25) is 0 Å². The summed E-state index contributed by atoms with van der Waals surface area (Å²) in [7, 11) is 0. The van der Waals surface area contributed by atoms with Gasteiger partial charge in [0.25, 0.3) is 0 Å². The predicted molar refractivity (Wildman–Crippen MR) is 239 cm³/mol. The molecule has 10 aromatic carbocycles. The van der Waals surface area contributed by atoms with Gasteiger partial charge in [-0.3, -0.25) is 0 Å². The summed E-state index contributed by atoms with van der Waals surface area (Å²) in [4.78, 5) is 2.41. The number of fused-ring (bicyclic) bond motifs is 7. The zero-order valence-electron chi connectivity index (χ0n) is 30.7. The maximum atomic E-state index is 2.41. The second-order valence-corrected chi connectivity index (χ2v) is 14.5. The maximum Gasteiger partial charge on any atom is 0.0547 e. The number of hydrogen-bond acceptors (Lipinski definition) is 1. The van der Waals surface area contributed by atoms with E-state index >= 15 is 0 Å². The Morgan fingerprint density at radius 3 is 1.71 bits per heavy atom. The molecule has 1 aromatic heterocycles. The summed E-state index contributed by atoms with van der Waals surface area (Å²) >= 11 is 0. The summed E-state index contributed by atoms with van der Waals surface area (Å²) < 4.78 is 2.39. The normalized spacial score (nSPS) is 11.6. The highest BCUT2D eigenvalue weighted by molar-refractivity contribution is 6.16. The summed E-state index contributed by atoms with van der Waals surface area (Å²) in [6, 6.07) is 79.5. The quantitative estimate of drug-likeness (QED) is 0.156. The summed E-state index contributed by atoms with van der Waals surface area (Å²) in [6.45, 7) is 0. The molecule has 56 heavy (non-hydrogen) atoms. The van der Waals surface area contributed by atoms with Gasteiger partial charge in [-0.1, -0.05) is 158 Å². The molecule has 262 valence electrons. The molecule has 0 bridgehead atoms. The number of nitrogens with zero attached hydrogens (tertiary/aromatic N) is 2. The first kappa shape index (κ1) is 32.0. The topological polar surface area (TPSA) is 8.17 Å². The number of benzene rings is 10. The monoisotopic (exact) mass is 712 g/mol. The molecule has 2 heteroatoms. The van der Waals surface area contributed by atoms with Crippen molar-refractivity contribution in [3.63, 3.8) is 0 Å². The molecular formula is C54H36N2. The van der Waals surface area contributed by atoms with Crippen LogP contribution in [0.15, 0.2) is 218 Å². The summed E-state index contributed by atoms with van der Waals surface area (Å²) in [6.07, 6.45) is 0. The van der Waals surface area contributed by atoms with Gasteiger partial charge in [-0.05, 0) is 115 Å². The van der Waals surface area contributed by atoms with Crippen LogP contribution in [0.3, 0.4) is 0 Å². The average Bonchev–Trinajstić information content (AvgIpc) is 3.61. The molecule has 1 heterocycles. The maximum absolute atomic E-state index is 2.41. The minimum absolute atomic E-state index is 1.10. The number of anilines is 3. The highest BCUT2D eigenvalue weighted by atomic mass is 15.1. The fraction of sp³-hybridized carbons (Fsp3) is 0. The Morgan fingerprint density at radius 2 is 0.875 bits per heavy atom. The van der Waals surface area contributed by atoms with Crippen molar-refractivity contribution in [3.05, 3.63) is 218 Å². The molecule has 0 aliphatic carbocycles. The fourth-order valence-electron chi connectivity index (χ4n) is 8.77. The molecule has 11 rings (SSSR count). The van der Waals surface area contributed by atoms with E-state index in [0.717, 1.165) is 22.7 Å². The molecule has 0 saturated heterocycles. The van der Waals surface area contributed by atoms with Gasteiger partial charge in [-0.15, -0.1) is 0 Å². The van der Waals surface area contributed by atoms with Crippen LogP contribution in [-0.4, -0.2) is 4.57 Å². The average molecular weight is 713 g/mol. The van der Waals surface area contributed by atoms with Crippen LogP contribution in [0, 0.1) is 0 Å². The van der Waals surface area contributed by atoms with Crippen molar-refractivity contribution in [3.8, 4) is 27.9 Å². The van der Waals surface area contributed by atoms with Crippen molar-refractivity contribution in [1.82, 2.24) is 4.57 Å². The highest BCUT2D eigenvalue weighted by Crippen LogP contribution is 2.43. The molecule has 11 aromatic rings. The van der Waals surface area contributed by atoms with Crippen LogP contribution in [0.4, 0.5) is 17.1 Å². The SMILES string of the molecule is c1ccc(-n2c3ccccc3c3c(-c4cccc(N(c5ccc(-c6cccc7ccccc67)cc5)c5ccc6ccc7ccccc7c6c5)c4)cccc32)cc1. The van der Waals surface area contributed by atoms with Crippen molar-refractivity contribution >= 4 is 71.2 Å². The van der Waals surface area contributed by atoms with E-state index in [2.05, 4.69) is 228 Å². The minimum atomic E-state index is 1.10. The van der Waals surface area contributed by atoms with Crippen LogP contribution >= 0.6 is 0 Å². The third-order valence-electron chi connectivity index (χ3n) is 11.3. The van der Waals surface area contributed by atoms with Crippen molar-refractivity contribution in [2.45, 2.75) is 0 Å². The van der Waals surface area contributed by atoms with Crippen LogP contribution in [-0.2, 0) is 0 Å². The lowest BCUT2D eigenvalue weighted by molar-refractivity contribution is 1.18. The molecule has 0 amide bonds. The van der Waals surface area contributed by atoms with E-state index in [-0.39, 0.29) is 0 Å². The molecule has 0 spiro atoms. The molecule has 0 unspecified atom stereocenters. The first-order valence-corrected chi connectivity index (χ1v) is 19.3. The predicted octanol–water partition coefficient (Wildman–Crippen LogP) is 15.0. The van der Waals surface area contributed by atoms with Crippen LogP contribution in [0.1, 0.15) is 0 Å². The van der Waals surface area contributed by atoms with Crippen molar-refractivity contribution in [2.24, 2.45) is 0 Å². The molecule has 0 saturated carbocycles. The van der Waals surface area contributed by atoms with Crippen LogP contribution in [0.5, 0.6) is 0 Å². The molecule has 0 aliphatic rings. The number of hydrogen-bond donors (Lipinski definition) is 0. The van der Waals surface area contributed by atoms with E-state index in [1.807, 2.05) is 0 Å². The summed E-state index contributed by atoms with van der Waals surface area (Å²) in [5, 5.41) is 9.99. The summed E-state index contributed by atoms with van der Waals surface area (Å²) in [5.74, 6) is 0. The fourth-order valence-corrected chi connectivity index (χ4v) is 8.77. The molecular weight excluding hydrogens is 677 g/mol. The molecule has 0 N–H and O–H groups in total. The van der Waals surface area contributed by atoms with Gasteiger partial charge >= 0.3 is 0 Å². The van der Waals surface area contributed by atoms with Gasteiger partial charge in [0.2, 0.25) is 0 Å². The lowest BCUT2D eigenvalue weighted by Crippen LogP contribution is -2.10. The van der Waals surface area contributed by atoms with E-state index in [0.29, 0.717) is 0 Å². The second-order valence-electron chi connectivity index (χ2n) is 14.5. The van der Waals surface area contributed by atoms with Crippen LogP contribution in [0.25, 0.3) is 82.1 Å². The first-order chi connectivity index (χ1) is 27.8. The zero-order valence-corrected chi connectivity index (χ0v) is 30.7. The lowest BCUT2D eigenvalue weighted by Gasteiger charge is -2.27. The first-order valence-electron chi connectivity index (χ1n) is 19.3. The van der Waals surface area contributed by atoms with Gasteiger partial charge in [0.15, 0.2) is 0 Å². The number of rotatable bonds is 6. The van der Waals surface area contributed by atoms with Gasteiger partial charge < -0.3 is 9.47 Å². The van der Waals surface area contributed by atoms with Crippen molar-refractivity contribution < 1.29 is 0 Å². The smallest absolute Gasteiger partial charge is 0.0547 e. The Morgan fingerprint density at radius 1 is 0.304 bits per heavy atom. The Kier molecular flexibility index (Phi) is 7.53. The third-order valence-corrected chi connectivity index (χ3v) is 11.3. The van der Waals surface area contributed by atoms with E-state index in [1.54, 1.807) is 0 Å². The third kappa shape index (κ3) is 5.26. The molecule has 2 nitrogen and oxygen atoms in total. The van der Waals surface area contributed by atoms with Gasteiger partial charge in [-0.2, -0.15) is 0 Å². The lowest BCUT2D eigenvalue weighted by atomic mass is 9.97. The van der Waals surface area contributed by atoms with Crippen molar-refractivity contribution in [1.29, 1.82) is 0 Å². The van der Waals surface area contributed by atoms with E-state index in [1.165, 1.54) is 76.4 Å². The van der Waals surface area contributed by atoms with Gasteiger partial charge in [0, 0.05) is 33.5 Å². The van der Waals surface area contributed by atoms with Crippen molar-refractivity contribution in [2.75, 3.05) is 4.90 Å². The van der Waals surface area contributed by atoms with Gasteiger partial charge in [0.05, 0.1) is 11.0 Å². The van der Waals surface area contributed by atoms with E-state index in [4.69, 9.17) is 0 Å². The highest BCUT2D eigenvalue weighted by Gasteiger charge is 2.19. The summed E-state index contributed by atoms with van der Waals surface area (Å²) in [5.41, 5.74) is 11.7. The molecule has 0 atom stereocenters. The largest absolute Gasteiger partial charge is 0.310 e. The van der Waals surface area contributed by atoms with Crippen LogP contribution < -0.4 is 4.90 Å². The Labute approximate surface area is 325 Å². The Balaban J connectivity index is 1.10. The number of aromatic nitrogens is 1. The number of para-hydroxylation sites is 2. The zero-order chi connectivity index (χ0) is 37.0. The molecule has 0 fully saturated rings. The Bertz CT molecular complexity index is 3240. The molecule has 0 aliphatic heterocycles. The second kappa shape index (κ2) is 13.2. The van der Waals surface area contributed by atoms with E-state index in [9.17, 15) is 0 Å². The van der Waals surface area contributed by atoms with Gasteiger partial charge in [0.1, 0.15) is 0 Å². The minimum Gasteiger partial charge on any atom is -0.310 e. The molecule has 0 radical (unpaired) electrons.